The van der Waals surface area contributed by atoms with Gasteiger partial charge in [-0.1, -0.05) is 66.7 Å². The molecule has 0 radical (unpaired) electrons. The van der Waals surface area contributed by atoms with Gasteiger partial charge in [-0.3, -0.25) is 14.2 Å². The van der Waals surface area contributed by atoms with Crippen LogP contribution in [0.1, 0.15) is 26.3 Å². The Hall–Kier alpha value is -4.31. The largest absolute Gasteiger partial charge is 0.278 e. The summed E-state index contributed by atoms with van der Waals surface area (Å²) in [6.07, 6.45) is 1.71. The van der Waals surface area contributed by atoms with Gasteiger partial charge in [-0.15, -0.1) is 0 Å². The van der Waals surface area contributed by atoms with Crippen LogP contribution >= 0.6 is 0 Å². The highest BCUT2D eigenvalue weighted by atomic mass is 16.2. The van der Waals surface area contributed by atoms with Crippen LogP contribution in [-0.4, -0.2) is 16.4 Å². The van der Waals surface area contributed by atoms with E-state index < -0.39 is 0 Å². The first-order valence-electron chi connectivity index (χ1n) is 10.4. The maximum Gasteiger partial charge on any atom is 0.278 e. The number of carbonyl (C=O) groups excluding carboxylic acids is 2. The van der Waals surface area contributed by atoms with Crippen LogP contribution in [0.3, 0.4) is 0 Å². The van der Waals surface area contributed by atoms with E-state index in [0.29, 0.717) is 16.6 Å². The Morgan fingerprint density at radius 3 is 1.88 bits per heavy atom. The molecule has 0 aliphatic heterocycles. The van der Waals surface area contributed by atoms with Gasteiger partial charge in [-0.05, 0) is 64.4 Å². The number of pyridine rings is 1. The van der Waals surface area contributed by atoms with Gasteiger partial charge in [0.1, 0.15) is 5.49 Å². The smallest absolute Gasteiger partial charge is 0.268 e. The first-order chi connectivity index (χ1) is 15.6. The SMILES string of the molecule is Cc1ccc(=NC(=O)c2ccc3ccccc3c2)n(C(=O)c2ccc3ccccc3c2)c1. The van der Waals surface area contributed by atoms with Crippen molar-refractivity contribution in [3.63, 3.8) is 0 Å². The van der Waals surface area contributed by atoms with Crippen LogP contribution in [0, 0.1) is 6.92 Å². The van der Waals surface area contributed by atoms with Crippen molar-refractivity contribution in [3.8, 4) is 0 Å². The Bertz CT molecular complexity index is 1580. The van der Waals surface area contributed by atoms with Crippen LogP contribution in [0.5, 0.6) is 0 Å². The molecule has 0 bridgehead atoms. The molecule has 4 aromatic carbocycles. The monoisotopic (exact) mass is 416 g/mol. The molecule has 0 spiro atoms. The van der Waals surface area contributed by atoms with Gasteiger partial charge in [-0.2, -0.15) is 4.99 Å². The van der Waals surface area contributed by atoms with Crippen LogP contribution < -0.4 is 5.49 Å². The standard InChI is InChI=1S/C28H20N2O2/c1-19-10-15-26(29-27(31)24-13-11-20-6-2-4-8-22(20)16-24)30(18-19)28(32)25-14-12-21-7-3-5-9-23(21)17-25/h2-18H,1H3. The molecule has 154 valence electrons. The van der Waals surface area contributed by atoms with E-state index in [0.717, 1.165) is 27.1 Å². The molecule has 0 saturated heterocycles. The first-order valence-corrected chi connectivity index (χ1v) is 10.4. The lowest BCUT2D eigenvalue weighted by Gasteiger charge is -2.09. The molecule has 0 fully saturated rings. The molecule has 32 heavy (non-hydrogen) atoms. The van der Waals surface area contributed by atoms with E-state index in [4.69, 9.17) is 0 Å². The van der Waals surface area contributed by atoms with Crippen molar-refractivity contribution < 1.29 is 9.59 Å². The Kier molecular flexibility index (Phi) is 4.96. The summed E-state index contributed by atoms with van der Waals surface area (Å²) in [5.74, 6) is -0.621. The molecule has 4 heteroatoms. The number of carbonyl (C=O) groups is 2. The van der Waals surface area contributed by atoms with Gasteiger partial charge in [-0.25, -0.2) is 0 Å². The molecule has 1 amide bonds. The number of aromatic nitrogens is 1. The average Bonchev–Trinajstić information content (AvgIpc) is 2.84. The molecule has 5 rings (SSSR count). The number of fused-ring (bicyclic) bond motifs is 2. The van der Waals surface area contributed by atoms with Crippen LogP contribution in [0.2, 0.25) is 0 Å². The van der Waals surface area contributed by atoms with Gasteiger partial charge >= 0.3 is 0 Å². The highest BCUT2D eigenvalue weighted by Gasteiger charge is 2.12. The van der Waals surface area contributed by atoms with Crippen molar-refractivity contribution in [1.82, 2.24) is 4.57 Å². The summed E-state index contributed by atoms with van der Waals surface area (Å²) in [4.78, 5) is 30.6. The fourth-order valence-corrected chi connectivity index (χ4v) is 3.81. The zero-order valence-corrected chi connectivity index (χ0v) is 17.5. The molecule has 0 N–H and O–H groups in total. The summed E-state index contributed by atoms with van der Waals surface area (Å²) in [6, 6.07) is 30.4. The highest BCUT2D eigenvalue weighted by Crippen LogP contribution is 2.17. The van der Waals surface area contributed by atoms with Gasteiger partial charge in [0, 0.05) is 17.3 Å². The van der Waals surface area contributed by atoms with Gasteiger partial charge in [0.25, 0.3) is 11.8 Å². The molecule has 0 saturated carbocycles. The van der Waals surface area contributed by atoms with Gasteiger partial charge in [0.15, 0.2) is 0 Å². The Balaban J connectivity index is 1.58. The van der Waals surface area contributed by atoms with Gasteiger partial charge < -0.3 is 0 Å². The van der Waals surface area contributed by atoms with E-state index in [-0.39, 0.29) is 11.8 Å². The average molecular weight is 416 g/mol. The molecular formula is C28H20N2O2. The fraction of sp³-hybridized carbons (Fsp3) is 0.0357. The van der Waals surface area contributed by atoms with E-state index >= 15 is 0 Å². The summed E-state index contributed by atoms with van der Waals surface area (Å²) < 4.78 is 1.44. The third-order valence-corrected chi connectivity index (χ3v) is 5.50. The summed E-state index contributed by atoms with van der Waals surface area (Å²) in [5.41, 5.74) is 2.21. The summed E-state index contributed by atoms with van der Waals surface area (Å²) in [6.45, 7) is 1.90. The Morgan fingerprint density at radius 2 is 1.22 bits per heavy atom. The normalized spacial score (nSPS) is 11.7. The van der Waals surface area contributed by atoms with Gasteiger partial charge in [0.05, 0.1) is 0 Å². The fourth-order valence-electron chi connectivity index (χ4n) is 3.81. The second-order valence-electron chi connectivity index (χ2n) is 7.78. The zero-order chi connectivity index (χ0) is 22.1. The second-order valence-corrected chi connectivity index (χ2v) is 7.78. The van der Waals surface area contributed by atoms with E-state index in [1.54, 1.807) is 24.4 Å². The zero-order valence-electron chi connectivity index (χ0n) is 17.5. The number of nitrogens with zero attached hydrogens (tertiary/aromatic N) is 2. The summed E-state index contributed by atoms with van der Waals surface area (Å²) >= 11 is 0. The lowest BCUT2D eigenvalue weighted by atomic mass is 10.1. The van der Waals surface area contributed by atoms with Gasteiger partial charge in [0.2, 0.25) is 0 Å². The Morgan fingerprint density at radius 1 is 0.656 bits per heavy atom. The number of hydrogen-bond donors (Lipinski definition) is 0. The van der Waals surface area contributed by atoms with Crippen LogP contribution in [0.4, 0.5) is 0 Å². The quantitative estimate of drug-likeness (QED) is 0.380. The van der Waals surface area contributed by atoms with Crippen molar-refractivity contribution in [2.75, 3.05) is 0 Å². The molecule has 0 unspecified atom stereocenters. The van der Waals surface area contributed by atoms with Crippen molar-refractivity contribution in [2.45, 2.75) is 6.92 Å². The number of benzene rings is 4. The number of amides is 1. The summed E-state index contributed by atoms with van der Waals surface area (Å²) in [7, 11) is 0. The van der Waals surface area contributed by atoms with E-state index in [2.05, 4.69) is 4.99 Å². The lowest BCUT2D eigenvalue weighted by Crippen LogP contribution is -2.28. The highest BCUT2D eigenvalue weighted by molar-refractivity contribution is 6.01. The molecular weight excluding hydrogens is 396 g/mol. The van der Waals surface area contributed by atoms with Crippen molar-refractivity contribution in [2.24, 2.45) is 4.99 Å². The Labute approximate surface area is 185 Å². The minimum Gasteiger partial charge on any atom is -0.268 e. The second kappa shape index (κ2) is 8.08. The predicted molar refractivity (Wildman–Crippen MR) is 127 cm³/mol. The topological polar surface area (TPSA) is 51.4 Å². The maximum absolute atomic E-state index is 13.3. The van der Waals surface area contributed by atoms with Crippen molar-refractivity contribution >= 4 is 33.4 Å². The molecule has 4 nitrogen and oxygen atoms in total. The van der Waals surface area contributed by atoms with E-state index in [9.17, 15) is 9.59 Å². The predicted octanol–water partition coefficient (Wildman–Crippen LogP) is 5.53. The van der Waals surface area contributed by atoms with Crippen LogP contribution in [0.25, 0.3) is 21.5 Å². The minimum absolute atomic E-state index is 0.232. The third kappa shape index (κ3) is 3.74. The van der Waals surface area contributed by atoms with Crippen LogP contribution in [0.15, 0.2) is 108 Å². The lowest BCUT2D eigenvalue weighted by molar-refractivity contribution is 0.0953. The number of aryl methyl sites for hydroxylation is 1. The molecule has 1 aromatic heterocycles. The molecule has 0 aliphatic rings. The maximum atomic E-state index is 13.3. The summed E-state index contributed by atoms with van der Waals surface area (Å²) in [5, 5.41) is 4.07. The third-order valence-electron chi connectivity index (χ3n) is 5.50. The molecule has 0 atom stereocenters. The first kappa shape index (κ1) is 19.6. The van der Waals surface area contributed by atoms with Crippen molar-refractivity contribution in [1.29, 1.82) is 0 Å². The van der Waals surface area contributed by atoms with Crippen molar-refractivity contribution in [3.05, 3.63) is 125 Å². The van der Waals surface area contributed by atoms with Crippen LogP contribution in [-0.2, 0) is 0 Å². The molecule has 0 aliphatic carbocycles. The van der Waals surface area contributed by atoms with E-state index in [1.165, 1.54) is 4.57 Å². The number of rotatable bonds is 2. The number of hydrogen-bond acceptors (Lipinski definition) is 2. The molecule has 5 aromatic rings. The minimum atomic E-state index is -0.389. The molecule has 1 heterocycles. The van der Waals surface area contributed by atoms with E-state index in [1.807, 2.05) is 85.8 Å².